The molecule has 0 aliphatic carbocycles. The van der Waals surface area contributed by atoms with Crippen molar-refractivity contribution in [3.05, 3.63) is 45.9 Å². The van der Waals surface area contributed by atoms with E-state index < -0.39 is 30.3 Å². The Labute approximate surface area is 146 Å². The number of amides is 1. The van der Waals surface area contributed by atoms with Crippen molar-refractivity contribution >= 4 is 39.4 Å². The highest BCUT2D eigenvalue weighted by atomic mass is 32.1. The number of nitrogens with zero attached hydrogens (tertiary/aromatic N) is 2. The number of nitrogens with one attached hydrogen (secondary N) is 1. The van der Waals surface area contributed by atoms with E-state index in [1.807, 2.05) is 0 Å². The number of carbonyl (C=O) groups is 2. The van der Waals surface area contributed by atoms with Crippen molar-refractivity contribution in [2.75, 3.05) is 11.9 Å². The molecule has 25 heavy (non-hydrogen) atoms. The molecule has 1 unspecified atom stereocenters. The fourth-order valence-corrected chi connectivity index (χ4v) is 2.98. The van der Waals surface area contributed by atoms with Gasteiger partial charge >= 0.3 is 11.7 Å². The number of thiazole rings is 1. The molecule has 3 aromatic rings. The molecule has 9 heteroatoms. The lowest BCUT2D eigenvalue weighted by Crippen LogP contribution is -2.29. The third-order valence-electron chi connectivity index (χ3n) is 3.46. The van der Waals surface area contributed by atoms with Gasteiger partial charge in [-0.1, -0.05) is 12.1 Å². The van der Waals surface area contributed by atoms with Crippen LogP contribution in [-0.4, -0.2) is 28.0 Å². The number of benzene rings is 1. The maximum absolute atomic E-state index is 12.2. The molecule has 0 saturated carbocycles. The molecule has 2 heterocycles. The first-order chi connectivity index (χ1) is 12.0. The molecule has 0 aliphatic heterocycles. The summed E-state index contributed by atoms with van der Waals surface area (Å²) < 4.78 is 11.3. The van der Waals surface area contributed by atoms with Crippen LogP contribution in [0.1, 0.15) is 18.7 Å². The van der Waals surface area contributed by atoms with Crippen molar-refractivity contribution in [2.45, 2.75) is 19.9 Å². The van der Waals surface area contributed by atoms with Crippen molar-refractivity contribution < 1.29 is 18.7 Å². The van der Waals surface area contributed by atoms with Crippen LogP contribution in [0.4, 0.5) is 5.13 Å². The summed E-state index contributed by atoms with van der Waals surface area (Å²) in [7, 11) is 0. The Hall–Kier alpha value is -2.94. The van der Waals surface area contributed by atoms with Crippen LogP contribution in [0.25, 0.3) is 11.1 Å². The number of hydrogen-bond donors (Lipinski definition) is 1. The van der Waals surface area contributed by atoms with Gasteiger partial charge in [0.1, 0.15) is 6.04 Å². The quantitative estimate of drug-likeness (QED) is 0.698. The highest BCUT2D eigenvalue weighted by molar-refractivity contribution is 7.13. The number of anilines is 1. The van der Waals surface area contributed by atoms with Gasteiger partial charge in [-0.3, -0.25) is 14.7 Å². The molecule has 2 aromatic heterocycles. The Morgan fingerprint density at radius 3 is 2.88 bits per heavy atom. The SMILES string of the molecule is Cc1csc(NC(=O)COC(=O)C(C)n2c(=O)oc3ccccc32)n1. The highest BCUT2D eigenvalue weighted by Crippen LogP contribution is 2.18. The molecule has 1 atom stereocenters. The second kappa shape index (κ2) is 6.89. The maximum Gasteiger partial charge on any atom is 0.420 e. The fourth-order valence-electron chi connectivity index (χ4n) is 2.28. The van der Waals surface area contributed by atoms with Crippen LogP contribution < -0.4 is 11.1 Å². The number of hydrogen-bond acceptors (Lipinski definition) is 7. The summed E-state index contributed by atoms with van der Waals surface area (Å²) in [4.78, 5) is 40.0. The van der Waals surface area contributed by atoms with Gasteiger partial charge in [0.2, 0.25) is 0 Å². The number of carbonyl (C=O) groups excluding carboxylic acids is 2. The predicted molar refractivity (Wildman–Crippen MR) is 91.6 cm³/mol. The van der Waals surface area contributed by atoms with Crippen LogP contribution >= 0.6 is 11.3 Å². The van der Waals surface area contributed by atoms with Crippen molar-refractivity contribution in [2.24, 2.45) is 0 Å². The van der Waals surface area contributed by atoms with E-state index in [0.29, 0.717) is 16.2 Å². The lowest BCUT2D eigenvalue weighted by molar-refractivity contribution is -0.150. The van der Waals surface area contributed by atoms with Gasteiger partial charge in [-0.15, -0.1) is 11.3 Å². The average Bonchev–Trinajstić information content (AvgIpc) is 3.13. The Kier molecular flexibility index (Phi) is 4.66. The topological polar surface area (TPSA) is 103 Å². The fraction of sp³-hybridized carbons (Fsp3) is 0.250. The molecule has 1 amide bonds. The Balaban J connectivity index is 1.65. The highest BCUT2D eigenvalue weighted by Gasteiger charge is 2.23. The summed E-state index contributed by atoms with van der Waals surface area (Å²) in [5, 5.41) is 4.76. The molecule has 0 bridgehead atoms. The second-order valence-corrected chi connectivity index (χ2v) is 6.19. The number of fused-ring (bicyclic) bond motifs is 1. The largest absolute Gasteiger partial charge is 0.454 e. The Morgan fingerprint density at radius 2 is 2.16 bits per heavy atom. The Morgan fingerprint density at radius 1 is 1.40 bits per heavy atom. The van der Waals surface area contributed by atoms with Gasteiger partial charge in [0.15, 0.2) is 17.3 Å². The molecule has 0 spiro atoms. The van der Waals surface area contributed by atoms with E-state index in [-0.39, 0.29) is 0 Å². The zero-order chi connectivity index (χ0) is 18.0. The number of oxazole rings is 1. The first-order valence-electron chi connectivity index (χ1n) is 7.44. The van der Waals surface area contributed by atoms with Gasteiger partial charge in [0.05, 0.1) is 11.2 Å². The molecule has 1 aromatic carbocycles. The van der Waals surface area contributed by atoms with E-state index in [1.54, 1.807) is 36.6 Å². The van der Waals surface area contributed by atoms with Crippen molar-refractivity contribution in [1.82, 2.24) is 9.55 Å². The van der Waals surface area contributed by atoms with Crippen LogP contribution in [0.3, 0.4) is 0 Å². The molecule has 0 saturated heterocycles. The van der Waals surface area contributed by atoms with E-state index in [9.17, 15) is 14.4 Å². The third-order valence-corrected chi connectivity index (χ3v) is 4.33. The zero-order valence-electron chi connectivity index (χ0n) is 13.5. The molecule has 130 valence electrons. The van der Waals surface area contributed by atoms with Crippen molar-refractivity contribution in [3.63, 3.8) is 0 Å². The number of aromatic nitrogens is 2. The summed E-state index contributed by atoms with van der Waals surface area (Å²) in [6.07, 6.45) is 0. The van der Waals surface area contributed by atoms with Crippen molar-refractivity contribution in [3.8, 4) is 0 Å². The molecule has 1 N–H and O–H groups in total. The zero-order valence-corrected chi connectivity index (χ0v) is 14.3. The summed E-state index contributed by atoms with van der Waals surface area (Å²) in [6, 6.07) is 5.83. The van der Waals surface area contributed by atoms with E-state index in [0.717, 1.165) is 5.69 Å². The molecule has 0 aliphatic rings. The van der Waals surface area contributed by atoms with Crippen LogP contribution in [0.2, 0.25) is 0 Å². The lowest BCUT2D eigenvalue weighted by Gasteiger charge is -2.12. The van der Waals surface area contributed by atoms with E-state index in [1.165, 1.54) is 22.8 Å². The molecule has 3 rings (SSSR count). The lowest BCUT2D eigenvalue weighted by atomic mass is 10.3. The van der Waals surface area contributed by atoms with Crippen LogP contribution in [0, 0.1) is 6.92 Å². The van der Waals surface area contributed by atoms with Gasteiger partial charge in [0, 0.05) is 5.38 Å². The summed E-state index contributed by atoms with van der Waals surface area (Å²) in [6.45, 7) is 2.85. The number of para-hydroxylation sites is 2. The predicted octanol–water partition coefficient (Wildman–Crippen LogP) is 2.10. The number of rotatable bonds is 5. The molecular weight excluding hydrogens is 346 g/mol. The van der Waals surface area contributed by atoms with Gasteiger partial charge in [-0.25, -0.2) is 14.6 Å². The van der Waals surface area contributed by atoms with Crippen molar-refractivity contribution in [1.29, 1.82) is 0 Å². The van der Waals surface area contributed by atoms with Gasteiger partial charge in [-0.05, 0) is 26.0 Å². The van der Waals surface area contributed by atoms with E-state index in [2.05, 4.69) is 10.3 Å². The molecular formula is C16H15N3O5S. The standard InChI is InChI=1S/C16H15N3O5S/c1-9-8-25-15(17-9)18-13(20)7-23-14(21)10(2)19-11-5-3-4-6-12(11)24-16(19)22/h3-6,8,10H,7H2,1-2H3,(H,17,18,20). The van der Waals surface area contributed by atoms with E-state index in [4.69, 9.17) is 9.15 Å². The van der Waals surface area contributed by atoms with Gasteiger partial charge in [-0.2, -0.15) is 0 Å². The summed E-state index contributed by atoms with van der Waals surface area (Å²) in [5.74, 6) is -1.87. The maximum atomic E-state index is 12.2. The first kappa shape index (κ1) is 16.9. The van der Waals surface area contributed by atoms with Gasteiger partial charge < -0.3 is 9.15 Å². The number of esters is 1. The second-order valence-electron chi connectivity index (χ2n) is 5.33. The van der Waals surface area contributed by atoms with Crippen LogP contribution in [-0.2, 0) is 14.3 Å². The number of aryl methyl sites for hydroxylation is 1. The monoisotopic (exact) mass is 361 g/mol. The van der Waals surface area contributed by atoms with E-state index >= 15 is 0 Å². The third kappa shape index (κ3) is 3.61. The minimum absolute atomic E-state index is 0.379. The minimum atomic E-state index is -0.925. The summed E-state index contributed by atoms with van der Waals surface area (Å²) >= 11 is 1.28. The average molecular weight is 361 g/mol. The van der Waals surface area contributed by atoms with Gasteiger partial charge in [0.25, 0.3) is 5.91 Å². The number of ether oxygens (including phenoxy) is 1. The smallest absolute Gasteiger partial charge is 0.420 e. The normalized spacial score (nSPS) is 12.1. The summed E-state index contributed by atoms with van der Waals surface area (Å²) in [5.41, 5.74) is 1.65. The molecule has 8 nitrogen and oxygen atoms in total. The molecule has 0 radical (unpaired) electrons. The van der Waals surface area contributed by atoms with Crippen LogP contribution in [0.5, 0.6) is 0 Å². The van der Waals surface area contributed by atoms with Crippen LogP contribution in [0.15, 0.2) is 38.9 Å². The first-order valence-corrected chi connectivity index (χ1v) is 8.32. The Bertz CT molecular complexity index is 987. The minimum Gasteiger partial charge on any atom is -0.454 e. The molecule has 0 fully saturated rings.